The molecule has 0 radical (unpaired) electrons. The van der Waals surface area contributed by atoms with Gasteiger partial charge in [-0.25, -0.2) is 0 Å². The van der Waals surface area contributed by atoms with Gasteiger partial charge in [0, 0.05) is 19.2 Å². The molecule has 1 unspecified atom stereocenters. The van der Waals surface area contributed by atoms with Crippen LogP contribution in [-0.2, 0) is 22.4 Å². The summed E-state index contributed by atoms with van der Waals surface area (Å²) in [7, 11) is 0. The Balaban J connectivity index is 2.40. The molecule has 19 heavy (non-hydrogen) atoms. The average molecular weight is 261 g/mol. The van der Waals surface area contributed by atoms with Crippen LogP contribution in [0.4, 0.5) is 5.69 Å². The van der Waals surface area contributed by atoms with Crippen LogP contribution in [0.25, 0.3) is 0 Å². The van der Waals surface area contributed by atoms with E-state index in [2.05, 4.69) is 6.92 Å². The van der Waals surface area contributed by atoms with Crippen LogP contribution in [0.1, 0.15) is 31.4 Å². The number of carbonyl (C=O) groups excluding carboxylic acids is 1. The second-order valence-electron chi connectivity index (χ2n) is 5.08. The van der Waals surface area contributed by atoms with Gasteiger partial charge in [-0.1, -0.05) is 25.1 Å². The summed E-state index contributed by atoms with van der Waals surface area (Å²) in [6, 6.07) is 6.02. The third-order valence-electron chi connectivity index (χ3n) is 3.65. The lowest BCUT2D eigenvalue weighted by Crippen LogP contribution is -2.40. The first kappa shape index (κ1) is 13.6. The van der Waals surface area contributed by atoms with E-state index >= 15 is 0 Å². The van der Waals surface area contributed by atoms with E-state index in [0.717, 1.165) is 29.7 Å². The maximum Gasteiger partial charge on any atom is 0.303 e. The van der Waals surface area contributed by atoms with Crippen LogP contribution in [0.2, 0.25) is 0 Å². The summed E-state index contributed by atoms with van der Waals surface area (Å²) in [4.78, 5) is 24.5. The molecule has 1 N–H and O–H groups in total. The summed E-state index contributed by atoms with van der Waals surface area (Å²) < 4.78 is 0. The minimum absolute atomic E-state index is 0.000932. The minimum Gasteiger partial charge on any atom is -0.481 e. The molecule has 102 valence electrons. The normalized spacial score (nSPS) is 18.0. The molecule has 4 nitrogen and oxygen atoms in total. The standard InChI is InChI=1S/C15H19NO3/c1-3-12-5-4-6-13-7-11(8-14(18)19)9-16(10(2)17)15(12)13/h4-6,11H,3,7-9H2,1-2H3,(H,18,19). The Morgan fingerprint density at radius 2 is 2.16 bits per heavy atom. The van der Waals surface area contributed by atoms with Gasteiger partial charge in [0.25, 0.3) is 0 Å². The highest BCUT2D eigenvalue weighted by molar-refractivity contribution is 5.94. The molecule has 1 aromatic rings. The largest absolute Gasteiger partial charge is 0.481 e. The molecule has 1 amide bonds. The van der Waals surface area contributed by atoms with E-state index in [-0.39, 0.29) is 18.2 Å². The summed E-state index contributed by atoms with van der Waals surface area (Å²) in [5.41, 5.74) is 3.24. The molecule has 1 aliphatic heterocycles. The topological polar surface area (TPSA) is 57.6 Å². The summed E-state index contributed by atoms with van der Waals surface area (Å²) in [6.45, 7) is 4.11. The predicted octanol–water partition coefficient (Wildman–Crippen LogP) is 2.25. The van der Waals surface area contributed by atoms with E-state index in [1.54, 1.807) is 11.8 Å². The first-order valence-corrected chi connectivity index (χ1v) is 6.63. The van der Waals surface area contributed by atoms with Crippen molar-refractivity contribution in [1.82, 2.24) is 0 Å². The van der Waals surface area contributed by atoms with Gasteiger partial charge >= 0.3 is 5.97 Å². The Morgan fingerprint density at radius 1 is 1.42 bits per heavy atom. The fourth-order valence-electron chi connectivity index (χ4n) is 2.84. The van der Waals surface area contributed by atoms with Gasteiger partial charge in [0.1, 0.15) is 0 Å². The Hall–Kier alpha value is -1.84. The molecular weight excluding hydrogens is 242 g/mol. The zero-order valence-electron chi connectivity index (χ0n) is 11.3. The molecule has 0 spiro atoms. The number of benzene rings is 1. The van der Waals surface area contributed by atoms with Crippen LogP contribution in [-0.4, -0.2) is 23.5 Å². The van der Waals surface area contributed by atoms with Crippen molar-refractivity contribution in [2.24, 2.45) is 5.92 Å². The summed E-state index contributed by atoms with van der Waals surface area (Å²) in [5, 5.41) is 8.94. The molecule has 2 rings (SSSR count). The number of aryl methyl sites for hydroxylation is 1. The van der Waals surface area contributed by atoms with Crippen molar-refractivity contribution < 1.29 is 14.7 Å². The van der Waals surface area contributed by atoms with E-state index in [9.17, 15) is 9.59 Å². The Morgan fingerprint density at radius 3 is 2.74 bits per heavy atom. The molecule has 1 heterocycles. The molecule has 1 atom stereocenters. The van der Waals surface area contributed by atoms with Gasteiger partial charge in [0.05, 0.1) is 6.42 Å². The zero-order chi connectivity index (χ0) is 14.0. The van der Waals surface area contributed by atoms with Gasteiger partial charge in [0.15, 0.2) is 0 Å². The lowest BCUT2D eigenvalue weighted by atomic mass is 9.88. The molecule has 0 bridgehead atoms. The maximum absolute atomic E-state index is 11.8. The molecule has 0 aromatic heterocycles. The number of carboxylic acids is 1. The van der Waals surface area contributed by atoms with Gasteiger partial charge in [0.2, 0.25) is 5.91 Å². The molecule has 0 saturated heterocycles. The zero-order valence-corrected chi connectivity index (χ0v) is 11.3. The van der Waals surface area contributed by atoms with Gasteiger partial charge in [-0.2, -0.15) is 0 Å². The summed E-state index contributed by atoms with van der Waals surface area (Å²) in [5.74, 6) is -0.818. The predicted molar refractivity (Wildman–Crippen MR) is 73.3 cm³/mol. The number of hydrogen-bond donors (Lipinski definition) is 1. The van der Waals surface area contributed by atoms with Crippen molar-refractivity contribution in [3.8, 4) is 0 Å². The maximum atomic E-state index is 11.8. The summed E-state index contributed by atoms with van der Waals surface area (Å²) in [6.07, 6.45) is 1.72. The van der Waals surface area contributed by atoms with E-state index < -0.39 is 5.97 Å². The van der Waals surface area contributed by atoms with E-state index in [1.807, 2.05) is 18.2 Å². The molecule has 4 heteroatoms. The monoisotopic (exact) mass is 261 g/mol. The van der Waals surface area contributed by atoms with Crippen molar-refractivity contribution in [1.29, 1.82) is 0 Å². The first-order valence-electron chi connectivity index (χ1n) is 6.63. The highest BCUT2D eigenvalue weighted by Gasteiger charge is 2.29. The summed E-state index contributed by atoms with van der Waals surface area (Å²) >= 11 is 0. The van der Waals surface area contributed by atoms with Crippen LogP contribution in [0.15, 0.2) is 18.2 Å². The number of amides is 1. The smallest absolute Gasteiger partial charge is 0.303 e. The number of rotatable bonds is 3. The number of para-hydroxylation sites is 1. The Bertz CT molecular complexity index is 510. The van der Waals surface area contributed by atoms with Crippen LogP contribution < -0.4 is 4.90 Å². The van der Waals surface area contributed by atoms with Crippen LogP contribution in [0, 0.1) is 5.92 Å². The Labute approximate surface area is 113 Å². The molecule has 1 aromatic carbocycles. The lowest BCUT2D eigenvalue weighted by molar-refractivity contribution is -0.138. The van der Waals surface area contributed by atoms with Crippen molar-refractivity contribution in [2.75, 3.05) is 11.4 Å². The van der Waals surface area contributed by atoms with Crippen molar-refractivity contribution in [3.63, 3.8) is 0 Å². The van der Waals surface area contributed by atoms with Gasteiger partial charge in [-0.15, -0.1) is 0 Å². The number of hydrogen-bond acceptors (Lipinski definition) is 2. The van der Waals surface area contributed by atoms with E-state index in [1.165, 1.54) is 0 Å². The number of anilines is 1. The average Bonchev–Trinajstić information content (AvgIpc) is 2.35. The molecular formula is C15H19NO3. The molecule has 1 aliphatic rings. The van der Waals surface area contributed by atoms with Crippen LogP contribution in [0.3, 0.4) is 0 Å². The van der Waals surface area contributed by atoms with Crippen molar-refractivity contribution in [3.05, 3.63) is 29.3 Å². The fraction of sp³-hybridized carbons (Fsp3) is 0.467. The van der Waals surface area contributed by atoms with E-state index in [4.69, 9.17) is 5.11 Å². The van der Waals surface area contributed by atoms with Gasteiger partial charge < -0.3 is 10.0 Å². The number of carbonyl (C=O) groups is 2. The van der Waals surface area contributed by atoms with Crippen molar-refractivity contribution in [2.45, 2.75) is 33.1 Å². The minimum atomic E-state index is -0.802. The quantitative estimate of drug-likeness (QED) is 0.908. The molecule has 0 saturated carbocycles. The second kappa shape index (κ2) is 5.43. The Kier molecular flexibility index (Phi) is 3.88. The number of nitrogens with zero attached hydrogens (tertiary/aromatic N) is 1. The number of aliphatic carboxylic acids is 1. The van der Waals surface area contributed by atoms with Gasteiger partial charge in [-0.05, 0) is 29.9 Å². The van der Waals surface area contributed by atoms with Crippen molar-refractivity contribution >= 4 is 17.6 Å². The molecule has 0 fully saturated rings. The number of fused-ring (bicyclic) bond motifs is 1. The van der Waals surface area contributed by atoms with Crippen LogP contribution >= 0.6 is 0 Å². The first-order chi connectivity index (χ1) is 9.02. The molecule has 0 aliphatic carbocycles. The fourth-order valence-corrected chi connectivity index (χ4v) is 2.84. The van der Waals surface area contributed by atoms with E-state index in [0.29, 0.717) is 6.54 Å². The van der Waals surface area contributed by atoms with Gasteiger partial charge in [-0.3, -0.25) is 9.59 Å². The highest BCUT2D eigenvalue weighted by atomic mass is 16.4. The highest BCUT2D eigenvalue weighted by Crippen LogP contribution is 2.34. The third kappa shape index (κ3) is 2.78. The third-order valence-corrected chi connectivity index (χ3v) is 3.65. The SMILES string of the molecule is CCc1cccc2c1N(C(C)=O)CC(CC(=O)O)C2. The number of carboxylic acid groups (broad SMARTS) is 1. The van der Waals surface area contributed by atoms with Crippen LogP contribution in [0.5, 0.6) is 0 Å². The lowest BCUT2D eigenvalue weighted by Gasteiger charge is -2.35. The second-order valence-corrected chi connectivity index (χ2v) is 5.08.